The lowest BCUT2D eigenvalue weighted by molar-refractivity contribution is -0.138. The van der Waals surface area contributed by atoms with E-state index in [9.17, 15) is 9.59 Å². The van der Waals surface area contributed by atoms with Crippen molar-refractivity contribution in [2.24, 2.45) is 5.73 Å². The summed E-state index contributed by atoms with van der Waals surface area (Å²) in [5.41, 5.74) is 6.88. The van der Waals surface area contributed by atoms with Gasteiger partial charge in [0.05, 0.1) is 12.5 Å². The van der Waals surface area contributed by atoms with E-state index in [1.54, 1.807) is 31.0 Å². The predicted molar refractivity (Wildman–Crippen MR) is 68.0 cm³/mol. The number of aliphatic carboxylic acids is 1. The molecule has 0 radical (unpaired) electrons. The summed E-state index contributed by atoms with van der Waals surface area (Å²) in [4.78, 5) is 23.4. The Hall–Kier alpha value is -1.88. The van der Waals surface area contributed by atoms with Crippen molar-refractivity contribution in [1.29, 1.82) is 0 Å². The normalized spacial score (nSPS) is 12.4. The maximum absolute atomic E-state index is 10.8. The van der Waals surface area contributed by atoms with Crippen LogP contribution in [0.2, 0.25) is 0 Å². The summed E-state index contributed by atoms with van der Waals surface area (Å²) in [6, 6.07) is 7.33. The van der Waals surface area contributed by atoms with Crippen LogP contribution in [0, 0.1) is 0 Å². The lowest BCUT2D eigenvalue weighted by Crippen LogP contribution is -2.30. The number of carboxylic acid groups (broad SMARTS) is 1. The summed E-state index contributed by atoms with van der Waals surface area (Å²) in [6.45, 7) is 2.45. The standard InChI is InChI=1S/C13H18N2O3/c1-9(13(17)18)11-5-3-10(4-6-11)7-15(2)8-12(14)16/h3-6,9H,7-8H2,1-2H3,(H2,14,16)(H,17,18). The van der Waals surface area contributed by atoms with Crippen molar-refractivity contribution in [2.75, 3.05) is 13.6 Å². The number of nitrogens with two attached hydrogens (primary N) is 1. The number of carbonyl (C=O) groups is 2. The molecular weight excluding hydrogens is 232 g/mol. The fourth-order valence-electron chi connectivity index (χ4n) is 1.69. The number of carboxylic acids is 1. The number of nitrogens with zero attached hydrogens (tertiary/aromatic N) is 1. The van der Waals surface area contributed by atoms with Gasteiger partial charge in [-0.05, 0) is 25.1 Å². The highest BCUT2D eigenvalue weighted by Crippen LogP contribution is 2.16. The monoisotopic (exact) mass is 250 g/mol. The number of hydrogen-bond donors (Lipinski definition) is 2. The zero-order valence-electron chi connectivity index (χ0n) is 10.6. The molecule has 0 bridgehead atoms. The van der Waals surface area contributed by atoms with Crippen molar-refractivity contribution in [3.05, 3.63) is 35.4 Å². The van der Waals surface area contributed by atoms with Crippen LogP contribution in [0.1, 0.15) is 24.0 Å². The van der Waals surface area contributed by atoms with E-state index in [0.29, 0.717) is 6.54 Å². The molecule has 0 aliphatic heterocycles. The number of rotatable bonds is 6. The van der Waals surface area contributed by atoms with Gasteiger partial charge >= 0.3 is 5.97 Å². The Kier molecular flexibility index (Phi) is 4.85. The minimum absolute atomic E-state index is 0.202. The van der Waals surface area contributed by atoms with Crippen LogP contribution in [0.4, 0.5) is 0 Å². The first-order valence-corrected chi connectivity index (χ1v) is 5.68. The molecule has 3 N–H and O–H groups in total. The van der Waals surface area contributed by atoms with Gasteiger partial charge in [0.1, 0.15) is 0 Å². The zero-order chi connectivity index (χ0) is 13.7. The van der Waals surface area contributed by atoms with E-state index in [0.717, 1.165) is 11.1 Å². The molecule has 1 atom stereocenters. The van der Waals surface area contributed by atoms with Gasteiger partial charge in [0.25, 0.3) is 0 Å². The number of carbonyl (C=O) groups excluding carboxylic acids is 1. The van der Waals surface area contributed by atoms with Gasteiger partial charge in [0, 0.05) is 6.54 Å². The highest BCUT2D eigenvalue weighted by Gasteiger charge is 2.13. The first kappa shape index (κ1) is 14.2. The third-order valence-corrected chi connectivity index (χ3v) is 2.73. The van der Waals surface area contributed by atoms with Crippen LogP contribution in [0.5, 0.6) is 0 Å². The number of amides is 1. The zero-order valence-corrected chi connectivity index (χ0v) is 10.6. The molecule has 98 valence electrons. The van der Waals surface area contributed by atoms with Crippen LogP contribution >= 0.6 is 0 Å². The SMILES string of the molecule is CC(C(=O)O)c1ccc(CN(C)CC(N)=O)cc1. The number of benzene rings is 1. The van der Waals surface area contributed by atoms with Crippen LogP contribution in [0.25, 0.3) is 0 Å². The van der Waals surface area contributed by atoms with Gasteiger partial charge in [-0.25, -0.2) is 0 Å². The fourth-order valence-corrected chi connectivity index (χ4v) is 1.69. The molecule has 0 heterocycles. The summed E-state index contributed by atoms with van der Waals surface area (Å²) >= 11 is 0. The fraction of sp³-hybridized carbons (Fsp3) is 0.385. The summed E-state index contributed by atoms with van der Waals surface area (Å²) in [5.74, 6) is -1.72. The summed E-state index contributed by atoms with van der Waals surface area (Å²) < 4.78 is 0. The maximum atomic E-state index is 10.8. The largest absolute Gasteiger partial charge is 0.481 e. The maximum Gasteiger partial charge on any atom is 0.310 e. The van der Waals surface area contributed by atoms with Crippen molar-refractivity contribution in [2.45, 2.75) is 19.4 Å². The molecule has 5 heteroatoms. The Morgan fingerprint density at radius 1 is 1.33 bits per heavy atom. The van der Waals surface area contributed by atoms with Crippen LogP contribution in [0.15, 0.2) is 24.3 Å². The highest BCUT2D eigenvalue weighted by atomic mass is 16.4. The van der Waals surface area contributed by atoms with Gasteiger partial charge in [-0.15, -0.1) is 0 Å². The number of primary amides is 1. The van der Waals surface area contributed by atoms with Gasteiger partial charge in [0.2, 0.25) is 5.91 Å². The average Bonchev–Trinajstić information content (AvgIpc) is 2.27. The topological polar surface area (TPSA) is 83.6 Å². The Morgan fingerprint density at radius 3 is 2.33 bits per heavy atom. The van der Waals surface area contributed by atoms with Crippen molar-refractivity contribution < 1.29 is 14.7 Å². The van der Waals surface area contributed by atoms with Crippen molar-refractivity contribution in [3.63, 3.8) is 0 Å². The molecule has 0 saturated carbocycles. The van der Waals surface area contributed by atoms with Crippen molar-refractivity contribution in [1.82, 2.24) is 4.90 Å². The van der Waals surface area contributed by atoms with Gasteiger partial charge in [-0.1, -0.05) is 24.3 Å². The molecule has 1 amide bonds. The third kappa shape index (κ3) is 4.18. The second-order valence-corrected chi connectivity index (χ2v) is 4.44. The van der Waals surface area contributed by atoms with Crippen LogP contribution in [0.3, 0.4) is 0 Å². The Bertz CT molecular complexity index is 428. The Labute approximate surface area is 106 Å². The second kappa shape index (κ2) is 6.16. The molecule has 18 heavy (non-hydrogen) atoms. The second-order valence-electron chi connectivity index (χ2n) is 4.44. The molecule has 0 aromatic heterocycles. The van der Waals surface area contributed by atoms with Crippen LogP contribution in [-0.2, 0) is 16.1 Å². The van der Waals surface area contributed by atoms with Crippen molar-refractivity contribution in [3.8, 4) is 0 Å². The Balaban J connectivity index is 2.65. The minimum Gasteiger partial charge on any atom is -0.481 e. The highest BCUT2D eigenvalue weighted by molar-refractivity contribution is 5.76. The van der Waals surface area contributed by atoms with Gasteiger partial charge < -0.3 is 10.8 Å². The molecule has 0 aliphatic carbocycles. The van der Waals surface area contributed by atoms with E-state index in [1.807, 2.05) is 12.1 Å². The number of hydrogen-bond acceptors (Lipinski definition) is 3. The van der Waals surface area contributed by atoms with Gasteiger partial charge in [-0.2, -0.15) is 0 Å². The lowest BCUT2D eigenvalue weighted by atomic mass is 10.00. The molecule has 1 rings (SSSR count). The van der Waals surface area contributed by atoms with Gasteiger partial charge in [0.15, 0.2) is 0 Å². The quantitative estimate of drug-likeness (QED) is 0.782. The van der Waals surface area contributed by atoms with E-state index in [1.165, 1.54) is 0 Å². The predicted octanol–water partition coefficient (Wildman–Crippen LogP) is 0.792. The minimum atomic E-state index is -0.839. The molecule has 0 saturated heterocycles. The molecule has 0 fully saturated rings. The van der Waals surface area contributed by atoms with Gasteiger partial charge in [-0.3, -0.25) is 14.5 Å². The first-order chi connectivity index (χ1) is 8.40. The number of likely N-dealkylation sites (N-methyl/N-ethyl adjacent to an activating group) is 1. The summed E-state index contributed by atoms with van der Waals surface area (Å²) in [7, 11) is 1.80. The van der Waals surface area contributed by atoms with Crippen LogP contribution in [-0.4, -0.2) is 35.5 Å². The van der Waals surface area contributed by atoms with E-state index >= 15 is 0 Å². The van der Waals surface area contributed by atoms with E-state index in [4.69, 9.17) is 10.8 Å². The van der Waals surface area contributed by atoms with Crippen LogP contribution < -0.4 is 5.73 Å². The smallest absolute Gasteiger partial charge is 0.310 e. The molecule has 5 nitrogen and oxygen atoms in total. The third-order valence-electron chi connectivity index (χ3n) is 2.73. The lowest BCUT2D eigenvalue weighted by Gasteiger charge is -2.15. The Morgan fingerprint density at radius 2 is 1.89 bits per heavy atom. The molecule has 1 aromatic rings. The average molecular weight is 250 g/mol. The van der Waals surface area contributed by atoms with Crippen molar-refractivity contribution >= 4 is 11.9 Å². The summed E-state index contributed by atoms with van der Waals surface area (Å²) in [6.07, 6.45) is 0. The molecular formula is C13H18N2O3. The summed E-state index contributed by atoms with van der Waals surface area (Å²) in [5, 5.41) is 8.89. The molecule has 1 unspecified atom stereocenters. The first-order valence-electron chi connectivity index (χ1n) is 5.68. The molecule has 0 spiro atoms. The molecule has 1 aromatic carbocycles. The van der Waals surface area contributed by atoms with E-state index < -0.39 is 11.9 Å². The molecule has 0 aliphatic rings. The van der Waals surface area contributed by atoms with E-state index in [-0.39, 0.29) is 12.5 Å². The van der Waals surface area contributed by atoms with E-state index in [2.05, 4.69) is 0 Å².